The molecule has 1 aliphatic rings. The molecule has 0 fully saturated rings. The fourth-order valence-electron chi connectivity index (χ4n) is 2.22. The van der Waals surface area contributed by atoms with Crippen LogP contribution in [0.3, 0.4) is 0 Å². The largest absolute Gasteiger partial charge is 0.486 e. The molecule has 0 radical (unpaired) electrons. The van der Waals surface area contributed by atoms with Crippen molar-refractivity contribution in [3.63, 3.8) is 0 Å². The summed E-state index contributed by atoms with van der Waals surface area (Å²) in [5, 5.41) is 8.86. The van der Waals surface area contributed by atoms with Crippen LogP contribution in [0.2, 0.25) is 0 Å². The Morgan fingerprint density at radius 3 is 2.70 bits per heavy atom. The Labute approximate surface area is 115 Å². The number of nitrogens with zero attached hydrogens (tertiary/aromatic N) is 1. The molecule has 20 heavy (non-hydrogen) atoms. The highest BCUT2D eigenvalue weighted by atomic mass is 16.6. The Bertz CT molecular complexity index is 772. The van der Waals surface area contributed by atoms with Gasteiger partial charge in [-0.2, -0.15) is 5.26 Å². The highest BCUT2D eigenvalue weighted by molar-refractivity contribution is 5.67. The number of fused-ring (bicyclic) bond motifs is 1. The van der Waals surface area contributed by atoms with E-state index in [1.807, 2.05) is 31.2 Å². The van der Waals surface area contributed by atoms with E-state index in [0.29, 0.717) is 30.4 Å². The Kier molecular flexibility index (Phi) is 2.92. The van der Waals surface area contributed by atoms with Crippen molar-refractivity contribution in [3.05, 3.63) is 45.7 Å². The third kappa shape index (κ3) is 2.01. The number of aromatic amines is 1. The van der Waals surface area contributed by atoms with Crippen LogP contribution < -0.4 is 15.0 Å². The number of pyridine rings is 1. The van der Waals surface area contributed by atoms with Crippen LogP contribution in [-0.4, -0.2) is 18.2 Å². The van der Waals surface area contributed by atoms with Crippen LogP contribution in [0.4, 0.5) is 0 Å². The lowest BCUT2D eigenvalue weighted by atomic mass is 10.0. The summed E-state index contributed by atoms with van der Waals surface area (Å²) in [6, 6.07) is 8.97. The van der Waals surface area contributed by atoms with Crippen molar-refractivity contribution in [2.75, 3.05) is 13.2 Å². The van der Waals surface area contributed by atoms with Crippen LogP contribution in [0.1, 0.15) is 11.1 Å². The van der Waals surface area contributed by atoms with Gasteiger partial charge in [0, 0.05) is 5.56 Å². The van der Waals surface area contributed by atoms with Gasteiger partial charge in [-0.1, -0.05) is 0 Å². The number of H-pyrrole nitrogens is 1. The van der Waals surface area contributed by atoms with Crippen LogP contribution in [0.15, 0.2) is 29.1 Å². The van der Waals surface area contributed by atoms with Crippen LogP contribution in [0, 0.1) is 18.3 Å². The van der Waals surface area contributed by atoms with Crippen LogP contribution >= 0.6 is 0 Å². The third-order valence-electron chi connectivity index (χ3n) is 3.19. The van der Waals surface area contributed by atoms with E-state index in [4.69, 9.17) is 14.7 Å². The zero-order valence-corrected chi connectivity index (χ0v) is 10.9. The number of ether oxygens (including phenoxy) is 2. The maximum atomic E-state index is 11.8. The predicted molar refractivity (Wildman–Crippen MR) is 72.9 cm³/mol. The van der Waals surface area contributed by atoms with Gasteiger partial charge < -0.3 is 14.5 Å². The molecule has 0 spiro atoms. The van der Waals surface area contributed by atoms with Gasteiger partial charge in [0.1, 0.15) is 24.8 Å². The highest BCUT2D eigenvalue weighted by Crippen LogP contribution is 2.34. The first-order valence-corrected chi connectivity index (χ1v) is 6.23. The molecule has 0 saturated heterocycles. The first-order valence-electron chi connectivity index (χ1n) is 6.23. The van der Waals surface area contributed by atoms with E-state index in [9.17, 15) is 4.79 Å². The Balaban J connectivity index is 2.12. The molecule has 100 valence electrons. The number of benzene rings is 1. The van der Waals surface area contributed by atoms with Crippen molar-refractivity contribution in [2.45, 2.75) is 6.92 Å². The molecular formula is C15H12N2O3. The SMILES string of the molecule is Cc1cc(C#N)c(=O)[nH]c1-c1ccc2c(c1)OCCO2. The molecule has 1 N–H and O–H groups in total. The number of nitrogens with one attached hydrogen (secondary N) is 1. The normalized spacial score (nSPS) is 12.8. The summed E-state index contributed by atoms with van der Waals surface area (Å²) < 4.78 is 11.0. The summed E-state index contributed by atoms with van der Waals surface area (Å²) in [4.78, 5) is 14.5. The smallest absolute Gasteiger partial charge is 0.266 e. The van der Waals surface area contributed by atoms with E-state index in [1.165, 1.54) is 0 Å². The van der Waals surface area contributed by atoms with Crippen molar-refractivity contribution in [1.82, 2.24) is 4.98 Å². The Morgan fingerprint density at radius 1 is 1.20 bits per heavy atom. The van der Waals surface area contributed by atoms with Crippen molar-refractivity contribution in [1.29, 1.82) is 5.26 Å². The highest BCUT2D eigenvalue weighted by Gasteiger charge is 2.14. The van der Waals surface area contributed by atoms with Gasteiger partial charge in [0.25, 0.3) is 5.56 Å². The van der Waals surface area contributed by atoms with Gasteiger partial charge in [-0.05, 0) is 36.8 Å². The molecule has 0 unspecified atom stereocenters. The van der Waals surface area contributed by atoms with Gasteiger partial charge in [0.05, 0.1) is 5.69 Å². The maximum absolute atomic E-state index is 11.8. The zero-order chi connectivity index (χ0) is 14.1. The van der Waals surface area contributed by atoms with Gasteiger partial charge in [0.2, 0.25) is 0 Å². The van der Waals surface area contributed by atoms with E-state index in [1.54, 1.807) is 6.07 Å². The first-order chi connectivity index (χ1) is 9.69. The number of hydrogen-bond donors (Lipinski definition) is 1. The molecule has 1 aromatic heterocycles. The molecule has 0 atom stereocenters. The van der Waals surface area contributed by atoms with E-state index in [2.05, 4.69) is 4.98 Å². The lowest BCUT2D eigenvalue weighted by molar-refractivity contribution is 0.171. The van der Waals surface area contributed by atoms with Gasteiger partial charge in [-0.15, -0.1) is 0 Å². The van der Waals surface area contributed by atoms with Gasteiger partial charge in [-0.25, -0.2) is 0 Å². The molecule has 0 aliphatic carbocycles. The van der Waals surface area contributed by atoms with E-state index >= 15 is 0 Å². The average Bonchev–Trinajstić information content (AvgIpc) is 2.48. The molecule has 0 bridgehead atoms. The van der Waals surface area contributed by atoms with Gasteiger partial charge >= 0.3 is 0 Å². The fourth-order valence-corrected chi connectivity index (χ4v) is 2.22. The van der Waals surface area contributed by atoms with Crippen LogP contribution in [-0.2, 0) is 0 Å². The number of aromatic nitrogens is 1. The van der Waals surface area contributed by atoms with Crippen molar-refractivity contribution in [3.8, 4) is 28.8 Å². The maximum Gasteiger partial charge on any atom is 0.266 e. The number of nitriles is 1. The second kappa shape index (κ2) is 4.74. The van der Waals surface area contributed by atoms with Crippen molar-refractivity contribution >= 4 is 0 Å². The molecule has 0 saturated carbocycles. The molecule has 5 heteroatoms. The summed E-state index contributed by atoms with van der Waals surface area (Å²) in [6.45, 7) is 2.90. The van der Waals surface area contributed by atoms with Crippen LogP contribution in [0.5, 0.6) is 11.5 Å². The molecule has 1 aliphatic heterocycles. The average molecular weight is 268 g/mol. The van der Waals surface area contributed by atoms with Gasteiger partial charge in [-0.3, -0.25) is 4.79 Å². The molecule has 1 aromatic carbocycles. The van der Waals surface area contributed by atoms with Crippen LogP contribution in [0.25, 0.3) is 11.3 Å². The monoisotopic (exact) mass is 268 g/mol. The summed E-state index contributed by atoms with van der Waals surface area (Å²) in [7, 11) is 0. The topological polar surface area (TPSA) is 75.1 Å². The summed E-state index contributed by atoms with van der Waals surface area (Å²) in [5.74, 6) is 1.37. The second-order valence-corrected chi connectivity index (χ2v) is 4.54. The third-order valence-corrected chi connectivity index (χ3v) is 3.19. The summed E-state index contributed by atoms with van der Waals surface area (Å²) >= 11 is 0. The quantitative estimate of drug-likeness (QED) is 0.858. The fraction of sp³-hybridized carbons (Fsp3) is 0.200. The Morgan fingerprint density at radius 2 is 1.95 bits per heavy atom. The molecular weight excluding hydrogens is 256 g/mol. The standard InChI is InChI=1S/C15H12N2O3/c1-9-6-11(8-16)15(18)17-14(9)10-2-3-12-13(7-10)20-5-4-19-12/h2-3,6-7H,4-5H2,1H3,(H,17,18). The van der Waals surface area contributed by atoms with E-state index in [0.717, 1.165) is 11.1 Å². The minimum Gasteiger partial charge on any atom is -0.486 e. The van der Waals surface area contributed by atoms with Crippen molar-refractivity contribution < 1.29 is 9.47 Å². The van der Waals surface area contributed by atoms with Crippen molar-refractivity contribution in [2.24, 2.45) is 0 Å². The Hall–Kier alpha value is -2.74. The molecule has 3 rings (SSSR count). The molecule has 2 heterocycles. The number of hydrogen-bond acceptors (Lipinski definition) is 4. The molecule has 5 nitrogen and oxygen atoms in total. The molecule has 2 aromatic rings. The second-order valence-electron chi connectivity index (χ2n) is 4.54. The minimum absolute atomic E-state index is 0.115. The summed E-state index contributed by atoms with van der Waals surface area (Å²) in [6.07, 6.45) is 0. The van der Waals surface area contributed by atoms with E-state index in [-0.39, 0.29) is 11.1 Å². The first kappa shape index (κ1) is 12.3. The number of aryl methyl sites for hydroxylation is 1. The van der Waals surface area contributed by atoms with E-state index < -0.39 is 0 Å². The minimum atomic E-state index is -0.386. The zero-order valence-electron chi connectivity index (χ0n) is 10.9. The summed E-state index contributed by atoms with van der Waals surface area (Å²) in [5.41, 5.74) is 2.07. The predicted octanol–water partition coefficient (Wildman–Crippen LogP) is 1.99. The lowest BCUT2D eigenvalue weighted by Crippen LogP contribution is -2.15. The number of rotatable bonds is 1. The van der Waals surface area contributed by atoms with Gasteiger partial charge in [0.15, 0.2) is 11.5 Å². The molecule has 0 amide bonds. The lowest BCUT2D eigenvalue weighted by Gasteiger charge is -2.19.